The first-order valence-corrected chi connectivity index (χ1v) is 6.37. The lowest BCUT2D eigenvalue weighted by molar-refractivity contribution is -0.137. The summed E-state index contributed by atoms with van der Waals surface area (Å²) in [4.78, 5) is 18.6. The van der Waals surface area contributed by atoms with Gasteiger partial charge in [-0.15, -0.1) is 0 Å². The van der Waals surface area contributed by atoms with Crippen LogP contribution in [0.1, 0.15) is 5.56 Å². The summed E-state index contributed by atoms with van der Waals surface area (Å²) < 4.78 is 38.0. The monoisotopic (exact) mass is 305 g/mol. The molecule has 0 aliphatic heterocycles. The molecule has 0 atom stereocenters. The van der Waals surface area contributed by atoms with Gasteiger partial charge in [-0.05, 0) is 30.3 Å². The quantitative estimate of drug-likeness (QED) is 0.759. The highest BCUT2D eigenvalue weighted by Gasteiger charge is 2.30. The predicted octanol–water partition coefficient (Wildman–Crippen LogP) is 3.69. The van der Waals surface area contributed by atoms with E-state index < -0.39 is 11.7 Å². The highest BCUT2D eigenvalue weighted by molar-refractivity contribution is 5.78. The molecule has 0 fully saturated rings. The Kier molecular flexibility index (Phi) is 3.32. The third-order valence-corrected chi connectivity index (χ3v) is 3.07. The van der Waals surface area contributed by atoms with E-state index in [9.17, 15) is 18.0 Å². The lowest BCUT2D eigenvalue weighted by atomic mass is 10.2. The van der Waals surface area contributed by atoms with E-state index in [1.807, 2.05) is 0 Å². The minimum atomic E-state index is -4.43. The first-order valence-electron chi connectivity index (χ1n) is 6.37. The standard InChI is InChI=1S/C15H10F3N3O/c16-15(17,18)9-4-3-5-10(8-9)19-14-20-12-7-2-1-6-11(12)13(22)21-14/h1-8H,(H2,19,20,21,22). The van der Waals surface area contributed by atoms with Crippen LogP contribution in [0.2, 0.25) is 0 Å². The molecule has 0 aliphatic carbocycles. The molecule has 112 valence electrons. The average molecular weight is 305 g/mol. The van der Waals surface area contributed by atoms with E-state index in [0.29, 0.717) is 10.9 Å². The minimum Gasteiger partial charge on any atom is -0.326 e. The van der Waals surface area contributed by atoms with Crippen molar-refractivity contribution >= 4 is 22.5 Å². The molecule has 7 heteroatoms. The average Bonchev–Trinajstić information content (AvgIpc) is 2.47. The fourth-order valence-electron chi connectivity index (χ4n) is 2.06. The Morgan fingerprint density at radius 3 is 2.59 bits per heavy atom. The molecule has 2 N–H and O–H groups in total. The van der Waals surface area contributed by atoms with Gasteiger partial charge in [0.05, 0.1) is 16.5 Å². The highest BCUT2D eigenvalue weighted by Crippen LogP contribution is 2.31. The third-order valence-electron chi connectivity index (χ3n) is 3.07. The number of benzene rings is 2. The van der Waals surface area contributed by atoms with Crippen molar-refractivity contribution in [2.75, 3.05) is 5.32 Å². The van der Waals surface area contributed by atoms with Crippen LogP contribution in [0.4, 0.5) is 24.8 Å². The molecule has 22 heavy (non-hydrogen) atoms. The van der Waals surface area contributed by atoms with Crippen molar-refractivity contribution in [2.24, 2.45) is 0 Å². The molecule has 1 aromatic heterocycles. The Morgan fingerprint density at radius 1 is 1.05 bits per heavy atom. The normalized spacial score (nSPS) is 11.6. The summed E-state index contributed by atoms with van der Waals surface area (Å²) in [6, 6.07) is 11.4. The number of para-hydroxylation sites is 1. The molecule has 0 bridgehead atoms. The number of nitrogens with one attached hydrogen (secondary N) is 2. The zero-order valence-corrected chi connectivity index (χ0v) is 11.1. The maximum Gasteiger partial charge on any atom is 0.416 e. The van der Waals surface area contributed by atoms with Crippen molar-refractivity contribution in [2.45, 2.75) is 6.18 Å². The van der Waals surface area contributed by atoms with Crippen LogP contribution >= 0.6 is 0 Å². The van der Waals surface area contributed by atoms with Crippen LogP contribution in [0.3, 0.4) is 0 Å². The Hall–Kier alpha value is -2.83. The van der Waals surface area contributed by atoms with Gasteiger partial charge in [0.15, 0.2) is 0 Å². The molecule has 0 amide bonds. The maximum atomic E-state index is 12.7. The lowest BCUT2D eigenvalue weighted by Crippen LogP contribution is -2.11. The van der Waals surface area contributed by atoms with Crippen LogP contribution in [0.25, 0.3) is 10.9 Å². The van der Waals surface area contributed by atoms with Crippen LogP contribution in [-0.4, -0.2) is 9.97 Å². The Bertz CT molecular complexity index is 887. The molecule has 2 aromatic carbocycles. The number of halogens is 3. The summed E-state index contributed by atoms with van der Waals surface area (Å²) in [6.45, 7) is 0. The van der Waals surface area contributed by atoms with E-state index in [0.717, 1.165) is 12.1 Å². The smallest absolute Gasteiger partial charge is 0.326 e. The van der Waals surface area contributed by atoms with E-state index >= 15 is 0 Å². The van der Waals surface area contributed by atoms with Crippen LogP contribution in [0, 0.1) is 0 Å². The zero-order chi connectivity index (χ0) is 15.7. The van der Waals surface area contributed by atoms with Crippen molar-refractivity contribution < 1.29 is 13.2 Å². The second kappa shape index (κ2) is 5.18. The Labute approximate surface area is 122 Å². The van der Waals surface area contributed by atoms with E-state index in [-0.39, 0.29) is 17.2 Å². The minimum absolute atomic E-state index is 0.0861. The van der Waals surface area contributed by atoms with E-state index in [1.165, 1.54) is 12.1 Å². The number of nitrogens with zero attached hydrogens (tertiary/aromatic N) is 1. The molecule has 0 saturated carbocycles. The number of H-pyrrole nitrogens is 1. The van der Waals surface area contributed by atoms with Crippen molar-refractivity contribution in [1.29, 1.82) is 0 Å². The first-order chi connectivity index (χ1) is 10.4. The van der Waals surface area contributed by atoms with Crippen LogP contribution in [0.15, 0.2) is 53.3 Å². The number of aromatic amines is 1. The van der Waals surface area contributed by atoms with Crippen molar-refractivity contribution in [3.63, 3.8) is 0 Å². The number of rotatable bonds is 2. The first kappa shape index (κ1) is 14.1. The fraction of sp³-hybridized carbons (Fsp3) is 0.0667. The van der Waals surface area contributed by atoms with Crippen LogP contribution in [-0.2, 0) is 6.18 Å². The summed E-state index contributed by atoms with van der Waals surface area (Å²) >= 11 is 0. The number of anilines is 2. The van der Waals surface area contributed by atoms with Gasteiger partial charge in [0.2, 0.25) is 5.95 Å². The summed E-state index contributed by atoms with van der Waals surface area (Å²) in [5.74, 6) is 0.0861. The fourth-order valence-corrected chi connectivity index (χ4v) is 2.06. The number of fused-ring (bicyclic) bond motifs is 1. The Balaban J connectivity index is 1.98. The molecule has 3 aromatic rings. The molecular weight excluding hydrogens is 295 g/mol. The number of hydrogen-bond donors (Lipinski definition) is 2. The van der Waals surface area contributed by atoms with Crippen LogP contribution < -0.4 is 10.9 Å². The van der Waals surface area contributed by atoms with Crippen molar-refractivity contribution in [3.8, 4) is 0 Å². The second-order valence-electron chi connectivity index (χ2n) is 4.64. The highest BCUT2D eigenvalue weighted by atomic mass is 19.4. The Morgan fingerprint density at radius 2 is 1.82 bits per heavy atom. The second-order valence-corrected chi connectivity index (χ2v) is 4.64. The third kappa shape index (κ3) is 2.78. The lowest BCUT2D eigenvalue weighted by Gasteiger charge is -2.10. The molecule has 4 nitrogen and oxygen atoms in total. The molecule has 0 radical (unpaired) electrons. The topological polar surface area (TPSA) is 57.8 Å². The number of aromatic nitrogens is 2. The van der Waals surface area contributed by atoms with Crippen molar-refractivity contribution in [1.82, 2.24) is 9.97 Å². The van der Waals surface area contributed by atoms with Gasteiger partial charge < -0.3 is 5.32 Å². The summed E-state index contributed by atoms with van der Waals surface area (Å²) in [6.07, 6.45) is -4.43. The van der Waals surface area contributed by atoms with Gasteiger partial charge >= 0.3 is 6.18 Å². The van der Waals surface area contributed by atoms with Gasteiger partial charge in [-0.1, -0.05) is 18.2 Å². The maximum absolute atomic E-state index is 12.7. The van der Waals surface area contributed by atoms with Gasteiger partial charge in [0, 0.05) is 5.69 Å². The molecular formula is C15H10F3N3O. The molecule has 0 saturated heterocycles. The molecule has 0 spiro atoms. The molecule has 0 aliphatic rings. The predicted molar refractivity (Wildman–Crippen MR) is 77.1 cm³/mol. The van der Waals surface area contributed by atoms with Crippen LogP contribution in [0.5, 0.6) is 0 Å². The molecule has 0 unspecified atom stereocenters. The van der Waals surface area contributed by atoms with E-state index in [2.05, 4.69) is 15.3 Å². The number of hydrogen-bond acceptors (Lipinski definition) is 3. The summed E-state index contributed by atoms with van der Waals surface area (Å²) in [7, 11) is 0. The van der Waals surface area contributed by atoms with Gasteiger partial charge in [-0.25, -0.2) is 4.98 Å². The van der Waals surface area contributed by atoms with E-state index in [4.69, 9.17) is 0 Å². The van der Waals surface area contributed by atoms with Gasteiger partial charge in [0.1, 0.15) is 0 Å². The van der Waals surface area contributed by atoms with Gasteiger partial charge in [-0.2, -0.15) is 13.2 Å². The number of alkyl halides is 3. The molecule has 1 heterocycles. The van der Waals surface area contributed by atoms with Crippen molar-refractivity contribution in [3.05, 3.63) is 64.4 Å². The van der Waals surface area contributed by atoms with E-state index in [1.54, 1.807) is 24.3 Å². The summed E-state index contributed by atoms with van der Waals surface area (Å²) in [5, 5.41) is 3.10. The summed E-state index contributed by atoms with van der Waals surface area (Å²) in [5.41, 5.74) is -0.491. The van der Waals surface area contributed by atoms with Gasteiger partial charge in [0.25, 0.3) is 5.56 Å². The SMILES string of the molecule is O=c1[nH]c(Nc2cccc(C(F)(F)F)c2)nc2ccccc12. The van der Waals surface area contributed by atoms with Gasteiger partial charge in [-0.3, -0.25) is 9.78 Å². The largest absolute Gasteiger partial charge is 0.416 e. The zero-order valence-electron chi connectivity index (χ0n) is 11.1. The molecule has 3 rings (SSSR count).